The average molecular weight is 511 g/mol. The minimum Gasteiger partial charge on any atom is -0.380 e. The Kier molecular flexibility index (Phi) is 5.68. The Morgan fingerprint density at radius 1 is 1.14 bits per heavy atom. The number of amides is 1. The molecule has 3 aliphatic heterocycles. The summed E-state index contributed by atoms with van der Waals surface area (Å²) < 4.78 is 50.4. The van der Waals surface area contributed by atoms with E-state index in [9.17, 15) is 18.0 Å². The minimum absolute atomic E-state index is 0.0426. The molecule has 3 aliphatic rings. The number of aromatic nitrogens is 2. The maximum absolute atomic E-state index is 13.0. The lowest BCUT2D eigenvalue weighted by Crippen LogP contribution is -2.65. The number of benzene rings is 1. The third-order valence-electron chi connectivity index (χ3n) is 7.51. The number of alkyl halides is 3. The van der Waals surface area contributed by atoms with Gasteiger partial charge in [0.25, 0.3) is 5.91 Å². The summed E-state index contributed by atoms with van der Waals surface area (Å²) in [5.74, 6) is -0.643. The number of pyridine rings is 2. The summed E-state index contributed by atoms with van der Waals surface area (Å²) in [6.45, 7) is 5.50. The van der Waals surface area contributed by atoms with Crippen LogP contribution in [0.25, 0.3) is 11.1 Å². The second kappa shape index (κ2) is 8.81. The molecule has 1 atom stereocenters. The topological polar surface area (TPSA) is 76.6 Å². The highest BCUT2D eigenvalue weighted by atomic mass is 19.4. The lowest BCUT2D eigenvalue weighted by Gasteiger charge is -2.56. The van der Waals surface area contributed by atoms with Crippen LogP contribution in [0.3, 0.4) is 0 Å². The molecule has 1 N–H and O–H groups in total. The Morgan fingerprint density at radius 2 is 1.97 bits per heavy atom. The maximum Gasteiger partial charge on any atom is 0.433 e. The van der Waals surface area contributed by atoms with Crippen molar-refractivity contribution in [3.8, 4) is 11.1 Å². The molecule has 2 saturated heterocycles. The predicted molar refractivity (Wildman–Crippen MR) is 131 cm³/mol. The van der Waals surface area contributed by atoms with E-state index in [4.69, 9.17) is 14.5 Å². The average Bonchev–Trinajstić information content (AvgIpc) is 2.87. The number of carbonyl (C=O) groups is 1. The number of rotatable bonds is 3. The van der Waals surface area contributed by atoms with Crippen LogP contribution in [0.5, 0.6) is 0 Å². The second-order valence-electron chi connectivity index (χ2n) is 9.92. The molecule has 37 heavy (non-hydrogen) atoms. The molecule has 10 heteroatoms. The van der Waals surface area contributed by atoms with Gasteiger partial charge in [-0.05, 0) is 48.4 Å². The molecule has 1 aromatic carbocycles. The quantitative estimate of drug-likeness (QED) is 0.559. The molecule has 0 saturated carbocycles. The van der Waals surface area contributed by atoms with Crippen LogP contribution in [0.15, 0.2) is 48.8 Å². The van der Waals surface area contributed by atoms with E-state index in [0.29, 0.717) is 32.1 Å². The lowest BCUT2D eigenvalue weighted by molar-refractivity contribution is -0.146. The summed E-state index contributed by atoms with van der Waals surface area (Å²) >= 11 is 0. The number of nitrogens with zero attached hydrogens (tertiary/aromatic N) is 3. The molecule has 1 amide bonds. The van der Waals surface area contributed by atoms with Gasteiger partial charge in [0.1, 0.15) is 5.69 Å². The summed E-state index contributed by atoms with van der Waals surface area (Å²) in [4.78, 5) is 23.3. The number of morpholine rings is 1. The van der Waals surface area contributed by atoms with Crippen LogP contribution in [0.1, 0.15) is 27.3 Å². The van der Waals surface area contributed by atoms with Crippen molar-refractivity contribution in [2.75, 3.05) is 43.2 Å². The minimum atomic E-state index is -4.63. The monoisotopic (exact) mass is 510 g/mol. The van der Waals surface area contributed by atoms with Crippen LogP contribution in [0.4, 0.5) is 24.5 Å². The third-order valence-corrected chi connectivity index (χ3v) is 7.51. The van der Waals surface area contributed by atoms with Crippen LogP contribution < -0.4 is 10.2 Å². The zero-order chi connectivity index (χ0) is 25.8. The van der Waals surface area contributed by atoms with E-state index in [1.807, 2.05) is 25.3 Å². The largest absolute Gasteiger partial charge is 0.433 e. The Bertz CT molecular complexity index is 1370. The zero-order valence-corrected chi connectivity index (χ0v) is 20.1. The number of aryl methyl sites for hydroxylation is 1. The van der Waals surface area contributed by atoms with Gasteiger partial charge in [-0.15, -0.1) is 0 Å². The molecule has 192 valence electrons. The van der Waals surface area contributed by atoms with Gasteiger partial charge in [0.15, 0.2) is 0 Å². The number of nitrogens with one attached hydrogen (secondary N) is 1. The van der Waals surface area contributed by atoms with Crippen LogP contribution >= 0.6 is 0 Å². The molecule has 0 unspecified atom stereocenters. The van der Waals surface area contributed by atoms with E-state index in [2.05, 4.69) is 21.3 Å². The van der Waals surface area contributed by atoms with Gasteiger partial charge >= 0.3 is 6.18 Å². The van der Waals surface area contributed by atoms with Crippen molar-refractivity contribution in [1.29, 1.82) is 0 Å². The number of ether oxygens (including phenoxy) is 2. The summed E-state index contributed by atoms with van der Waals surface area (Å²) in [7, 11) is 0. The van der Waals surface area contributed by atoms with Gasteiger partial charge in [-0.25, -0.2) is 0 Å². The maximum atomic E-state index is 13.0. The highest BCUT2D eigenvalue weighted by molar-refractivity contribution is 6.04. The molecule has 2 aromatic heterocycles. The fourth-order valence-electron chi connectivity index (χ4n) is 5.46. The lowest BCUT2D eigenvalue weighted by atomic mass is 9.70. The van der Waals surface area contributed by atoms with Gasteiger partial charge in [-0.2, -0.15) is 13.2 Å². The highest BCUT2D eigenvalue weighted by Gasteiger charge is 2.53. The fraction of sp³-hybridized carbons (Fsp3) is 0.370. The van der Waals surface area contributed by atoms with Crippen molar-refractivity contribution in [1.82, 2.24) is 9.97 Å². The number of carbonyl (C=O) groups excluding carboxylic acids is 1. The predicted octanol–water partition coefficient (Wildman–Crippen LogP) is 4.50. The molecule has 1 spiro atoms. The highest BCUT2D eigenvalue weighted by Crippen LogP contribution is 2.47. The third kappa shape index (κ3) is 4.23. The number of hydrogen-bond acceptors (Lipinski definition) is 6. The number of anilines is 2. The van der Waals surface area contributed by atoms with Gasteiger partial charge in [0.05, 0.1) is 43.9 Å². The molecule has 5 heterocycles. The molecule has 3 aromatic rings. The zero-order valence-electron chi connectivity index (χ0n) is 20.1. The number of halogens is 3. The van der Waals surface area contributed by atoms with Crippen molar-refractivity contribution in [2.45, 2.75) is 25.6 Å². The fourth-order valence-corrected chi connectivity index (χ4v) is 5.46. The normalized spacial score (nSPS) is 20.1. The van der Waals surface area contributed by atoms with Crippen LogP contribution in [-0.2, 0) is 22.1 Å². The van der Waals surface area contributed by atoms with Gasteiger partial charge in [0.2, 0.25) is 0 Å². The summed E-state index contributed by atoms with van der Waals surface area (Å²) in [6, 6.07) is 9.81. The molecule has 0 aliphatic carbocycles. The van der Waals surface area contributed by atoms with Crippen molar-refractivity contribution in [2.24, 2.45) is 5.41 Å². The first-order valence-corrected chi connectivity index (χ1v) is 12.1. The molecular weight excluding hydrogens is 485 g/mol. The van der Waals surface area contributed by atoms with Gasteiger partial charge in [-0.3, -0.25) is 14.8 Å². The first-order valence-electron chi connectivity index (χ1n) is 12.1. The summed E-state index contributed by atoms with van der Waals surface area (Å²) in [6.07, 6.45) is -0.958. The number of fused-ring (bicyclic) bond motifs is 4. The van der Waals surface area contributed by atoms with Crippen molar-refractivity contribution in [3.05, 3.63) is 71.3 Å². The van der Waals surface area contributed by atoms with E-state index < -0.39 is 17.8 Å². The van der Waals surface area contributed by atoms with Crippen LogP contribution in [0, 0.1) is 12.3 Å². The van der Waals surface area contributed by atoms with Crippen molar-refractivity contribution in [3.63, 3.8) is 0 Å². The van der Waals surface area contributed by atoms with Gasteiger partial charge in [0, 0.05) is 47.6 Å². The van der Waals surface area contributed by atoms with Crippen molar-refractivity contribution < 1.29 is 27.4 Å². The van der Waals surface area contributed by atoms with E-state index in [0.717, 1.165) is 53.3 Å². The van der Waals surface area contributed by atoms with Crippen molar-refractivity contribution >= 4 is 17.3 Å². The Balaban J connectivity index is 1.29. The summed E-state index contributed by atoms with van der Waals surface area (Å²) in [5.41, 5.74) is 4.20. The number of hydrogen-bond donors (Lipinski definition) is 1. The van der Waals surface area contributed by atoms with E-state index in [1.165, 1.54) is 6.07 Å². The molecule has 0 radical (unpaired) electrons. The Labute approximate surface area is 211 Å². The standard InChI is InChI=1S/C27H25F3N4O3/c1-16-2-3-19(33-25(35)17-4-5-31-23(9-17)27(28,29)30)10-20(16)18-8-22-21(32-12-18)11-26(14-37-15-26)24-13-36-7-6-34(22)24/h2-5,8-10,12,24H,6-7,11,13-15H2,1H3,(H,33,35)/t24-/m1/s1. The molecule has 0 bridgehead atoms. The Morgan fingerprint density at radius 3 is 2.73 bits per heavy atom. The molecular formula is C27H25F3N4O3. The molecule has 2 fully saturated rings. The van der Waals surface area contributed by atoms with E-state index in [1.54, 1.807) is 6.07 Å². The molecule has 7 nitrogen and oxygen atoms in total. The second-order valence-corrected chi connectivity index (χ2v) is 9.92. The summed E-state index contributed by atoms with van der Waals surface area (Å²) in [5, 5.41) is 2.71. The van der Waals surface area contributed by atoms with E-state index >= 15 is 0 Å². The SMILES string of the molecule is Cc1ccc(NC(=O)c2ccnc(C(F)(F)F)c2)cc1-c1cnc2c(c1)N1CCOC[C@@H]1C1(COC1)C2. The molecule has 6 rings (SSSR count). The Hall–Kier alpha value is -3.50. The first-order chi connectivity index (χ1) is 17.7. The van der Waals surface area contributed by atoms with Crippen LogP contribution in [0.2, 0.25) is 0 Å². The van der Waals surface area contributed by atoms with Crippen LogP contribution in [-0.4, -0.2) is 54.9 Å². The van der Waals surface area contributed by atoms with E-state index in [-0.39, 0.29) is 17.0 Å². The smallest absolute Gasteiger partial charge is 0.380 e. The van der Waals surface area contributed by atoms with Gasteiger partial charge < -0.3 is 19.7 Å². The van der Waals surface area contributed by atoms with Gasteiger partial charge in [-0.1, -0.05) is 6.07 Å². The first kappa shape index (κ1) is 23.9.